The van der Waals surface area contributed by atoms with Crippen LogP contribution in [-0.2, 0) is 17.9 Å². The number of carbonyl (C=O) groups is 1. The number of benzene rings is 1. The molecule has 0 aliphatic heterocycles. The number of nitrogens with zero attached hydrogens (tertiary/aromatic N) is 5. The zero-order chi connectivity index (χ0) is 20.4. The van der Waals surface area contributed by atoms with E-state index in [1.165, 1.54) is 5.56 Å². The van der Waals surface area contributed by atoms with Gasteiger partial charge in [0.2, 0.25) is 5.91 Å². The number of halogens is 1. The Kier molecular flexibility index (Phi) is 11.3. The molecule has 1 heterocycles. The average Bonchev–Trinajstić information content (AvgIpc) is 3.20. The number of hydrogen-bond acceptors (Lipinski definition) is 3. The van der Waals surface area contributed by atoms with Gasteiger partial charge < -0.3 is 15.1 Å². The molecule has 0 aliphatic rings. The molecule has 160 valence electrons. The number of hydrogen-bond donors (Lipinski definition) is 1. The first kappa shape index (κ1) is 24.9. The number of nitrogens with one attached hydrogen (secondary N) is 1. The molecule has 0 bridgehead atoms. The van der Waals surface area contributed by atoms with Crippen LogP contribution in [0, 0.1) is 0 Å². The molecule has 0 radical (unpaired) electrons. The van der Waals surface area contributed by atoms with Crippen molar-refractivity contribution in [2.75, 3.05) is 33.2 Å². The smallest absolute Gasteiger partial charge is 0.242 e. The summed E-state index contributed by atoms with van der Waals surface area (Å²) < 4.78 is 1.91. The molecule has 0 spiro atoms. The number of amides is 1. The van der Waals surface area contributed by atoms with E-state index < -0.39 is 0 Å². The summed E-state index contributed by atoms with van der Waals surface area (Å²) in [5, 5.41) is 7.57. The second-order valence-electron chi connectivity index (χ2n) is 6.56. The third-order valence-corrected chi connectivity index (χ3v) is 4.59. The van der Waals surface area contributed by atoms with Gasteiger partial charge in [0.25, 0.3) is 0 Å². The van der Waals surface area contributed by atoms with E-state index in [9.17, 15) is 4.79 Å². The van der Waals surface area contributed by atoms with Crippen molar-refractivity contribution < 1.29 is 4.79 Å². The van der Waals surface area contributed by atoms with E-state index in [0.29, 0.717) is 19.6 Å². The molecule has 1 aromatic heterocycles. The molecule has 0 aliphatic carbocycles. The lowest BCUT2D eigenvalue weighted by Crippen LogP contribution is -2.45. The monoisotopic (exact) mass is 512 g/mol. The summed E-state index contributed by atoms with van der Waals surface area (Å²) >= 11 is 0. The lowest BCUT2D eigenvalue weighted by atomic mass is 10.1. The number of aromatic nitrogens is 2. The van der Waals surface area contributed by atoms with Crippen LogP contribution in [0.3, 0.4) is 0 Å². The Bertz CT molecular complexity index is 758. The Morgan fingerprint density at radius 3 is 2.41 bits per heavy atom. The first-order valence-electron chi connectivity index (χ1n) is 9.90. The zero-order valence-electron chi connectivity index (χ0n) is 17.8. The highest BCUT2D eigenvalue weighted by molar-refractivity contribution is 14.0. The molecule has 1 aromatic carbocycles. The SMILES string of the molecule is CCNC(=NCc1ccccc1Cn1cccn1)N(C)CC(=O)N(CC)CC.I. The minimum atomic E-state index is 0. The predicted molar refractivity (Wildman–Crippen MR) is 129 cm³/mol. The van der Waals surface area contributed by atoms with E-state index in [2.05, 4.69) is 22.5 Å². The van der Waals surface area contributed by atoms with Crippen LogP contribution in [0.25, 0.3) is 0 Å². The van der Waals surface area contributed by atoms with Crippen molar-refractivity contribution in [2.45, 2.75) is 33.9 Å². The standard InChI is InChI=1S/C21H32N6O.HI/c1-5-22-21(25(4)17-20(28)26(6-2)7-3)23-15-18-11-8-9-12-19(18)16-27-14-10-13-24-27;/h8-14H,5-7,15-17H2,1-4H3,(H,22,23);1H. The van der Waals surface area contributed by atoms with Crippen LogP contribution in [-0.4, -0.2) is 64.7 Å². The Balaban J connectivity index is 0.00000420. The van der Waals surface area contributed by atoms with E-state index >= 15 is 0 Å². The molecule has 0 saturated carbocycles. The highest BCUT2D eigenvalue weighted by Gasteiger charge is 2.15. The molecule has 1 amide bonds. The third-order valence-electron chi connectivity index (χ3n) is 4.59. The largest absolute Gasteiger partial charge is 0.357 e. The van der Waals surface area contributed by atoms with Gasteiger partial charge >= 0.3 is 0 Å². The van der Waals surface area contributed by atoms with Gasteiger partial charge in [0.1, 0.15) is 0 Å². The molecular weight excluding hydrogens is 479 g/mol. The maximum atomic E-state index is 12.4. The van der Waals surface area contributed by atoms with Crippen molar-refractivity contribution in [3.8, 4) is 0 Å². The number of carbonyl (C=O) groups excluding carboxylic acids is 1. The van der Waals surface area contributed by atoms with E-state index in [0.717, 1.165) is 31.2 Å². The molecule has 0 unspecified atom stereocenters. The maximum Gasteiger partial charge on any atom is 0.242 e. The summed E-state index contributed by atoms with van der Waals surface area (Å²) in [4.78, 5) is 20.9. The van der Waals surface area contributed by atoms with Gasteiger partial charge in [-0.15, -0.1) is 24.0 Å². The maximum absolute atomic E-state index is 12.4. The Labute approximate surface area is 191 Å². The zero-order valence-corrected chi connectivity index (χ0v) is 20.2. The molecule has 2 rings (SSSR count). The summed E-state index contributed by atoms with van der Waals surface area (Å²) in [6.45, 7) is 9.78. The van der Waals surface area contributed by atoms with Crippen LogP contribution < -0.4 is 5.32 Å². The Morgan fingerprint density at radius 2 is 1.83 bits per heavy atom. The summed E-state index contributed by atoms with van der Waals surface area (Å²) in [6, 6.07) is 10.2. The number of guanidine groups is 1. The Morgan fingerprint density at radius 1 is 1.14 bits per heavy atom. The lowest BCUT2D eigenvalue weighted by Gasteiger charge is -2.25. The number of aliphatic imine (C=N–C) groups is 1. The van der Waals surface area contributed by atoms with Crippen molar-refractivity contribution in [3.05, 3.63) is 53.9 Å². The van der Waals surface area contributed by atoms with Crippen LogP contribution in [0.2, 0.25) is 0 Å². The van der Waals surface area contributed by atoms with Crippen LogP contribution >= 0.6 is 24.0 Å². The van der Waals surface area contributed by atoms with Gasteiger partial charge in [-0.1, -0.05) is 24.3 Å². The molecule has 1 N–H and O–H groups in total. The quantitative estimate of drug-likeness (QED) is 0.319. The van der Waals surface area contributed by atoms with Gasteiger partial charge in [-0.3, -0.25) is 9.48 Å². The highest BCUT2D eigenvalue weighted by Crippen LogP contribution is 2.12. The first-order valence-corrected chi connectivity index (χ1v) is 9.90. The van der Waals surface area contributed by atoms with Crippen molar-refractivity contribution in [1.82, 2.24) is 24.9 Å². The van der Waals surface area contributed by atoms with Crippen LogP contribution in [0.15, 0.2) is 47.7 Å². The van der Waals surface area contributed by atoms with Crippen LogP contribution in [0.4, 0.5) is 0 Å². The first-order chi connectivity index (χ1) is 13.6. The van der Waals surface area contributed by atoms with Gasteiger partial charge in [0, 0.05) is 39.1 Å². The van der Waals surface area contributed by atoms with E-state index in [1.807, 2.05) is 66.7 Å². The fourth-order valence-electron chi connectivity index (χ4n) is 3.02. The Hall–Kier alpha value is -2.10. The van der Waals surface area contributed by atoms with E-state index in [4.69, 9.17) is 4.99 Å². The second kappa shape index (κ2) is 13.2. The molecule has 0 saturated heterocycles. The molecule has 0 atom stereocenters. The molecule has 8 heteroatoms. The molecule has 29 heavy (non-hydrogen) atoms. The predicted octanol–water partition coefficient (Wildman–Crippen LogP) is 2.82. The van der Waals surface area contributed by atoms with Crippen molar-refractivity contribution in [3.63, 3.8) is 0 Å². The summed E-state index contributed by atoms with van der Waals surface area (Å²) in [5.74, 6) is 0.842. The fraction of sp³-hybridized carbons (Fsp3) is 0.476. The van der Waals surface area contributed by atoms with Gasteiger partial charge in [-0.2, -0.15) is 5.10 Å². The summed E-state index contributed by atoms with van der Waals surface area (Å²) in [5.41, 5.74) is 2.34. The van der Waals surface area contributed by atoms with E-state index in [1.54, 1.807) is 6.20 Å². The molecule has 2 aromatic rings. The molecular formula is C21H33IN6O. The number of rotatable bonds is 9. The van der Waals surface area contributed by atoms with Crippen molar-refractivity contribution >= 4 is 35.8 Å². The van der Waals surface area contributed by atoms with Crippen molar-refractivity contribution in [1.29, 1.82) is 0 Å². The lowest BCUT2D eigenvalue weighted by molar-refractivity contribution is -0.131. The molecule has 0 fully saturated rings. The summed E-state index contributed by atoms with van der Waals surface area (Å²) in [7, 11) is 1.90. The fourth-order valence-corrected chi connectivity index (χ4v) is 3.02. The average molecular weight is 512 g/mol. The minimum Gasteiger partial charge on any atom is -0.357 e. The summed E-state index contributed by atoms with van der Waals surface area (Å²) in [6.07, 6.45) is 3.74. The van der Waals surface area contributed by atoms with Crippen molar-refractivity contribution in [2.24, 2.45) is 4.99 Å². The van der Waals surface area contributed by atoms with Gasteiger partial charge in [0.15, 0.2) is 5.96 Å². The van der Waals surface area contributed by atoms with Crippen LogP contribution in [0.1, 0.15) is 31.9 Å². The third kappa shape index (κ3) is 7.68. The van der Waals surface area contributed by atoms with Gasteiger partial charge in [-0.05, 0) is 38.0 Å². The normalized spacial score (nSPS) is 11.0. The second-order valence-corrected chi connectivity index (χ2v) is 6.56. The van der Waals surface area contributed by atoms with Gasteiger partial charge in [-0.25, -0.2) is 4.99 Å². The molecule has 7 nitrogen and oxygen atoms in total. The highest BCUT2D eigenvalue weighted by atomic mass is 127. The van der Waals surface area contributed by atoms with Crippen LogP contribution in [0.5, 0.6) is 0 Å². The van der Waals surface area contributed by atoms with Gasteiger partial charge in [0.05, 0.1) is 19.6 Å². The minimum absolute atomic E-state index is 0. The number of likely N-dealkylation sites (N-methyl/N-ethyl adjacent to an activating group) is 2. The van der Waals surface area contributed by atoms with E-state index in [-0.39, 0.29) is 29.9 Å². The topological polar surface area (TPSA) is 65.8 Å².